The van der Waals surface area contributed by atoms with Gasteiger partial charge in [-0.25, -0.2) is 12.8 Å². The summed E-state index contributed by atoms with van der Waals surface area (Å²) < 4.78 is 40.2. The molecule has 0 amide bonds. The van der Waals surface area contributed by atoms with Crippen molar-refractivity contribution in [1.29, 1.82) is 0 Å². The Labute approximate surface area is 131 Å². The molecule has 2 aromatic carbocycles. The molecule has 2 rings (SSSR count). The minimum atomic E-state index is -4.01. The van der Waals surface area contributed by atoms with Crippen LogP contribution in [0.25, 0.3) is 0 Å². The number of rotatable bonds is 3. The summed E-state index contributed by atoms with van der Waals surface area (Å²) in [6.45, 7) is 1.52. The van der Waals surface area contributed by atoms with Crippen LogP contribution in [0.3, 0.4) is 0 Å². The third-order valence-electron chi connectivity index (χ3n) is 2.70. The van der Waals surface area contributed by atoms with Gasteiger partial charge in [0.1, 0.15) is 10.7 Å². The zero-order valence-electron chi connectivity index (χ0n) is 10.8. The molecule has 0 spiro atoms. The van der Waals surface area contributed by atoms with Crippen molar-refractivity contribution in [3.8, 4) is 0 Å². The molecule has 2 aromatic rings. The number of benzene rings is 2. The first-order valence-electron chi connectivity index (χ1n) is 5.74. The SMILES string of the molecule is Cc1cc(NS(=O)(=O)c2c(Cl)cc(N)cc2Cl)ccc1F. The summed E-state index contributed by atoms with van der Waals surface area (Å²) in [4.78, 5) is -0.276. The maximum atomic E-state index is 13.2. The topological polar surface area (TPSA) is 72.2 Å². The van der Waals surface area contributed by atoms with Gasteiger partial charge < -0.3 is 5.73 Å². The third kappa shape index (κ3) is 3.40. The predicted octanol–water partition coefficient (Wildman–Crippen LogP) is 3.82. The van der Waals surface area contributed by atoms with Gasteiger partial charge in [-0.1, -0.05) is 23.2 Å². The lowest BCUT2D eigenvalue weighted by molar-refractivity contribution is 0.601. The van der Waals surface area contributed by atoms with Gasteiger partial charge in [0.15, 0.2) is 0 Å². The second kappa shape index (κ2) is 5.71. The maximum absolute atomic E-state index is 13.2. The van der Waals surface area contributed by atoms with E-state index in [1.165, 1.54) is 37.3 Å². The molecule has 0 aliphatic rings. The molecular weight excluding hydrogens is 338 g/mol. The van der Waals surface area contributed by atoms with Crippen LogP contribution in [-0.4, -0.2) is 8.42 Å². The number of nitrogen functional groups attached to an aromatic ring is 1. The summed E-state index contributed by atoms with van der Waals surface area (Å²) in [7, 11) is -4.01. The van der Waals surface area contributed by atoms with E-state index in [-0.39, 0.29) is 26.3 Å². The smallest absolute Gasteiger partial charge is 0.264 e. The van der Waals surface area contributed by atoms with Gasteiger partial charge in [-0.05, 0) is 42.8 Å². The first kappa shape index (κ1) is 15.9. The van der Waals surface area contributed by atoms with E-state index in [0.717, 1.165) is 0 Å². The minimum Gasteiger partial charge on any atom is -0.399 e. The molecule has 0 aliphatic heterocycles. The number of anilines is 2. The zero-order valence-corrected chi connectivity index (χ0v) is 13.2. The van der Waals surface area contributed by atoms with Crippen molar-refractivity contribution in [3.05, 3.63) is 51.8 Å². The molecule has 0 heterocycles. The fraction of sp³-hybridized carbons (Fsp3) is 0.0769. The molecule has 0 radical (unpaired) electrons. The van der Waals surface area contributed by atoms with E-state index in [2.05, 4.69) is 4.72 Å². The number of hydrogen-bond donors (Lipinski definition) is 2. The Morgan fingerprint density at radius 3 is 2.24 bits per heavy atom. The lowest BCUT2D eigenvalue weighted by Gasteiger charge is -2.12. The van der Waals surface area contributed by atoms with E-state index >= 15 is 0 Å². The summed E-state index contributed by atoms with van der Waals surface area (Å²) in [6.07, 6.45) is 0. The molecule has 0 unspecified atom stereocenters. The van der Waals surface area contributed by atoms with Crippen LogP contribution in [0, 0.1) is 12.7 Å². The fourth-order valence-electron chi connectivity index (χ4n) is 1.75. The zero-order chi connectivity index (χ0) is 15.8. The molecule has 4 nitrogen and oxygen atoms in total. The van der Waals surface area contributed by atoms with Crippen molar-refractivity contribution in [2.24, 2.45) is 0 Å². The van der Waals surface area contributed by atoms with Crippen LogP contribution in [0.1, 0.15) is 5.56 Å². The molecule has 0 aliphatic carbocycles. The Hall–Kier alpha value is -1.50. The average Bonchev–Trinajstić information content (AvgIpc) is 2.31. The van der Waals surface area contributed by atoms with E-state index < -0.39 is 15.8 Å². The molecule has 0 saturated heterocycles. The van der Waals surface area contributed by atoms with Crippen LogP contribution in [0.4, 0.5) is 15.8 Å². The van der Waals surface area contributed by atoms with Gasteiger partial charge in [0, 0.05) is 11.4 Å². The van der Waals surface area contributed by atoms with E-state index in [1.807, 2.05) is 0 Å². The van der Waals surface area contributed by atoms with Gasteiger partial charge in [-0.15, -0.1) is 0 Å². The van der Waals surface area contributed by atoms with E-state index in [1.54, 1.807) is 0 Å². The van der Waals surface area contributed by atoms with Crippen LogP contribution in [0.5, 0.6) is 0 Å². The molecule has 112 valence electrons. The summed E-state index contributed by atoms with van der Waals surface area (Å²) in [5.41, 5.74) is 6.30. The van der Waals surface area contributed by atoms with Crippen molar-refractivity contribution in [1.82, 2.24) is 0 Å². The number of sulfonamides is 1. The first-order chi connectivity index (χ1) is 9.70. The van der Waals surface area contributed by atoms with Crippen LogP contribution in [0.2, 0.25) is 10.0 Å². The van der Waals surface area contributed by atoms with E-state index in [4.69, 9.17) is 28.9 Å². The monoisotopic (exact) mass is 348 g/mol. The highest BCUT2D eigenvalue weighted by atomic mass is 35.5. The van der Waals surface area contributed by atoms with Gasteiger partial charge >= 0.3 is 0 Å². The number of nitrogens with one attached hydrogen (secondary N) is 1. The van der Waals surface area contributed by atoms with Crippen LogP contribution in [0.15, 0.2) is 35.2 Å². The van der Waals surface area contributed by atoms with Gasteiger partial charge in [0.2, 0.25) is 0 Å². The average molecular weight is 349 g/mol. The van der Waals surface area contributed by atoms with E-state index in [9.17, 15) is 12.8 Å². The number of aryl methyl sites for hydroxylation is 1. The predicted molar refractivity (Wildman–Crippen MR) is 82.8 cm³/mol. The largest absolute Gasteiger partial charge is 0.399 e. The number of hydrogen-bond acceptors (Lipinski definition) is 3. The second-order valence-corrected chi connectivity index (χ2v) is 6.82. The van der Waals surface area contributed by atoms with Gasteiger partial charge in [-0.2, -0.15) is 0 Å². The van der Waals surface area contributed by atoms with Crippen molar-refractivity contribution in [2.75, 3.05) is 10.5 Å². The normalized spacial score (nSPS) is 11.4. The number of nitrogens with two attached hydrogens (primary N) is 1. The van der Waals surface area contributed by atoms with Crippen LogP contribution >= 0.6 is 23.2 Å². The van der Waals surface area contributed by atoms with Crippen LogP contribution < -0.4 is 10.5 Å². The Balaban J connectivity index is 2.46. The Morgan fingerprint density at radius 1 is 1.14 bits per heavy atom. The fourth-order valence-corrected chi connectivity index (χ4v) is 4.03. The molecule has 0 fully saturated rings. The quantitative estimate of drug-likeness (QED) is 0.828. The van der Waals surface area contributed by atoms with Crippen molar-refractivity contribution in [2.45, 2.75) is 11.8 Å². The minimum absolute atomic E-state index is 0.0914. The Bertz CT molecular complexity index is 787. The maximum Gasteiger partial charge on any atom is 0.264 e. The molecule has 21 heavy (non-hydrogen) atoms. The lowest BCUT2D eigenvalue weighted by Crippen LogP contribution is -2.14. The van der Waals surface area contributed by atoms with Crippen molar-refractivity contribution >= 4 is 44.6 Å². The second-order valence-electron chi connectivity index (χ2n) is 4.38. The molecule has 0 bridgehead atoms. The van der Waals surface area contributed by atoms with Crippen molar-refractivity contribution in [3.63, 3.8) is 0 Å². The van der Waals surface area contributed by atoms with Crippen molar-refractivity contribution < 1.29 is 12.8 Å². The molecule has 0 aromatic heterocycles. The highest BCUT2D eigenvalue weighted by Crippen LogP contribution is 2.33. The molecule has 3 N–H and O–H groups in total. The molecule has 8 heteroatoms. The number of halogens is 3. The third-order valence-corrected chi connectivity index (χ3v) is 5.00. The van der Waals surface area contributed by atoms with E-state index in [0.29, 0.717) is 5.56 Å². The van der Waals surface area contributed by atoms with Gasteiger partial charge in [-0.3, -0.25) is 4.72 Å². The highest BCUT2D eigenvalue weighted by molar-refractivity contribution is 7.93. The Morgan fingerprint density at radius 2 is 1.71 bits per heavy atom. The molecule has 0 saturated carbocycles. The summed E-state index contributed by atoms with van der Waals surface area (Å²) in [5.74, 6) is -0.429. The van der Waals surface area contributed by atoms with Gasteiger partial charge in [0.25, 0.3) is 10.0 Å². The Kier molecular flexibility index (Phi) is 4.32. The summed E-state index contributed by atoms with van der Waals surface area (Å²) in [5, 5.41) is -0.183. The first-order valence-corrected chi connectivity index (χ1v) is 7.98. The molecular formula is C13H11Cl2FN2O2S. The van der Waals surface area contributed by atoms with Gasteiger partial charge in [0.05, 0.1) is 10.0 Å². The standard InChI is InChI=1S/C13H11Cl2FN2O2S/c1-7-4-9(2-3-12(7)16)18-21(19,20)13-10(14)5-8(17)6-11(13)15/h2-6,18H,17H2,1H3. The lowest BCUT2D eigenvalue weighted by atomic mass is 10.2. The highest BCUT2D eigenvalue weighted by Gasteiger charge is 2.22. The molecule has 0 atom stereocenters. The summed E-state index contributed by atoms with van der Waals surface area (Å²) >= 11 is 11.8. The van der Waals surface area contributed by atoms with Crippen LogP contribution in [-0.2, 0) is 10.0 Å². The summed E-state index contributed by atoms with van der Waals surface area (Å²) in [6, 6.07) is 6.42.